The van der Waals surface area contributed by atoms with Gasteiger partial charge in [0.2, 0.25) is 6.79 Å². The van der Waals surface area contributed by atoms with Crippen molar-refractivity contribution >= 4 is 5.65 Å². The summed E-state index contributed by atoms with van der Waals surface area (Å²) in [6.45, 7) is 6.77. The Morgan fingerprint density at radius 1 is 1.18 bits per heavy atom. The first-order valence-corrected chi connectivity index (χ1v) is 11.2. The fourth-order valence-corrected chi connectivity index (χ4v) is 4.79. The van der Waals surface area contributed by atoms with Gasteiger partial charge >= 0.3 is 0 Å². The molecule has 170 valence electrons. The van der Waals surface area contributed by atoms with Crippen molar-refractivity contribution < 1.29 is 14.0 Å². The zero-order valence-corrected chi connectivity index (χ0v) is 18.6. The monoisotopic (exact) mass is 447 g/mol. The van der Waals surface area contributed by atoms with Crippen LogP contribution in [0, 0.1) is 12.8 Å². The molecule has 0 saturated carbocycles. The number of rotatable bonds is 5. The zero-order valence-electron chi connectivity index (χ0n) is 18.6. The van der Waals surface area contributed by atoms with E-state index >= 15 is 0 Å². The second-order valence-corrected chi connectivity index (χ2v) is 9.01. The minimum absolute atomic E-state index is 0.0467. The average Bonchev–Trinajstić information content (AvgIpc) is 3.53. The van der Waals surface area contributed by atoms with Crippen LogP contribution in [0.4, 0.5) is 0 Å². The van der Waals surface area contributed by atoms with Gasteiger partial charge in [0.1, 0.15) is 11.5 Å². The quantitative estimate of drug-likeness (QED) is 0.502. The Kier molecular flexibility index (Phi) is 4.72. The van der Waals surface area contributed by atoms with Crippen LogP contribution in [0.5, 0.6) is 11.5 Å². The molecule has 33 heavy (non-hydrogen) atoms. The number of fused-ring (bicyclic) bond motifs is 3. The van der Waals surface area contributed by atoms with Gasteiger partial charge in [-0.2, -0.15) is 0 Å². The molecule has 2 aliphatic heterocycles. The molecule has 3 aromatic heterocycles. The molecule has 0 amide bonds. The summed E-state index contributed by atoms with van der Waals surface area (Å²) in [7, 11) is 0. The fraction of sp³-hybridized carbons (Fsp3) is 0.375. The lowest BCUT2D eigenvalue weighted by molar-refractivity contribution is 0.174. The summed E-state index contributed by atoms with van der Waals surface area (Å²) in [5.41, 5.74) is 4.82. The van der Waals surface area contributed by atoms with Gasteiger partial charge in [0.05, 0.1) is 17.0 Å². The highest BCUT2D eigenvalue weighted by atomic mass is 16.7. The summed E-state index contributed by atoms with van der Waals surface area (Å²) in [5, 5.41) is 7.17. The van der Waals surface area contributed by atoms with E-state index in [9.17, 15) is 4.79 Å². The second-order valence-electron chi connectivity index (χ2n) is 9.01. The van der Waals surface area contributed by atoms with Gasteiger partial charge in [-0.1, -0.05) is 18.1 Å². The normalized spacial score (nSPS) is 16.3. The molecular formula is C24H25N5O4. The molecule has 6 rings (SSSR count). The Labute approximate surface area is 189 Å². The molecule has 0 bridgehead atoms. The number of nitrogens with zero attached hydrogens (tertiary/aromatic N) is 4. The number of aryl methyl sites for hydroxylation is 1. The molecule has 1 atom stereocenters. The number of hydrogen-bond donors (Lipinski definition) is 1. The van der Waals surface area contributed by atoms with E-state index in [1.165, 1.54) is 10.1 Å². The Hall–Kier alpha value is -3.59. The molecule has 2 aliphatic rings. The lowest BCUT2D eigenvalue weighted by Gasteiger charge is -2.29. The van der Waals surface area contributed by atoms with Crippen LogP contribution >= 0.6 is 0 Å². The molecule has 1 N–H and O–H groups in total. The van der Waals surface area contributed by atoms with Crippen LogP contribution in [0.15, 0.2) is 39.6 Å². The van der Waals surface area contributed by atoms with Crippen molar-refractivity contribution in [3.63, 3.8) is 0 Å². The first-order valence-electron chi connectivity index (χ1n) is 11.2. The van der Waals surface area contributed by atoms with E-state index in [1.54, 1.807) is 0 Å². The van der Waals surface area contributed by atoms with Gasteiger partial charge in [0, 0.05) is 38.2 Å². The first-order chi connectivity index (χ1) is 16.0. The highest BCUT2D eigenvalue weighted by Crippen LogP contribution is 2.33. The van der Waals surface area contributed by atoms with Crippen molar-refractivity contribution in [2.45, 2.75) is 33.2 Å². The Morgan fingerprint density at radius 2 is 2.06 bits per heavy atom. The molecule has 4 aromatic rings. The Balaban J connectivity index is 1.19. The zero-order chi connectivity index (χ0) is 22.5. The molecular weight excluding hydrogens is 422 g/mol. The lowest BCUT2D eigenvalue weighted by Crippen LogP contribution is -2.39. The van der Waals surface area contributed by atoms with Gasteiger partial charge in [-0.15, -0.1) is 0 Å². The second kappa shape index (κ2) is 7.77. The van der Waals surface area contributed by atoms with Crippen LogP contribution in [0.3, 0.4) is 0 Å². The van der Waals surface area contributed by atoms with Crippen LogP contribution in [0.2, 0.25) is 0 Å². The predicted molar refractivity (Wildman–Crippen MR) is 120 cm³/mol. The summed E-state index contributed by atoms with van der Waals surface area (Å²) in [5.74, 6) is 2.78. The largest absolute Gasteiger partial charge is 0.454 e. The fourth-order valence-electron chi connectivity index (χ4n) is 4.79. The van der Waals surface area contributed by atoms with Crippen LogP contribution in [-0.4, -0.2) is 44.5 Å². The summed E-state index contributed by atoms with van der Waals surface area (Å²) in [6.07, 6.45) is 1.70. The van der Waals surface area contributed by atoms with Gasteiger partial charge < -0.3 is 14.0 Å². The summed E-state index contributed by atoms with van der Waals surface area (Å²) < 4.78 is 17.6. The molecule has 9 heteroatoms. The smallest absolute Gasteiger partial charge is 0.277 e. The molecule has 0 spiro atoms. The number of H-pyrrole nitrogens is 1. The lowest BCUT2D eigenvalue weighted by atomic mass is 9.98. The number of aromatic nitrogens is 4. The van der Waals surface area contributed by atoms with Crippen molar-refractivity contribution in [2.75, 3.05) is 19.9 Å². The minimum atomic E-state index is -0.0467. The Bertz CT molecular complexity index is 1400. The van der Waals surface area contributed by atoms with Crippen molar-refractivity contribution in [3.05, 3.63) is 63.3 Å². The number of benzene rings is 1. The molecule has 5 heterocycles. The molecule has 0 unspecified atom stereocenters. The molecule has 0 saturated heterocycles. The maximum atomic E-state index is 13.2. The minimum Gasteiger partial charge on any atom is -0.454 e. The standard InChI is InChI=1S/C24H25N5O4/c1-14(7-16-3-4-21-22(9-16)32-13-31-21)11-28-6-5-18-17(12-28)24(30)29-23(25-18)10-19(26-29)20-8-15(2)33-27-20/h3-4,8-10,14,26H,5-7,11-13H2,1-2H3/t14-/m1/s1. The highest BCUT2D eigenvalue weighted by molar-refractivity contribution is 5.60. The van der Waals surface area contributed by atoms with Gasteiger partial charge in [-0.3, -0.25) is 14.8 Å². The number of aromatic amines is 1. The summed E-state index contributed by atoms with van der Waals surface area (Å²) in [4.78, 5) is 20.4. The number of hydrogen-bond acceptors (Lipinski definition) is 7. The van der Waals surface area contributed by atoms with Gasteiger partial charge in [0.25, 0.3) is 5.56 Å². The van der Waals surface area contributed by atoms with E-state index in [-0.39, 0.29) is 5.56 Å². The summed E-state index contributed by atoms with van der Waals surface area (Å²) >= 11 is 0. The number of ether oxygens (including phenoxy) is 2. The first kappa shape index (κ1) is 20.0. The van der Waals surface area contributed by atoms with E-state index in [0.717, 1.165) is 48.7 Å². The SMILES string of the molecule is Cc1cc(-c2cc3nc4c(c(=O)n3[nH]2)CN(C[C@H](C)Cc2ccc3c(c2)OCO3)CC4)no1. The van der Waals surface area contributed by atoms with E-state index in [1.807, 2.05) is 25.1 Å². The molecule has 9 nitrogen and oxygen atoms in total. The maximum absolute atomic E-state index is 13.2. The Morgan fingerprint density at radius 3 is 2.91 bits per heavy atom. The van der Waals surface area contributed by atoms with E-state index in [0.29, 0.717) is 42.1 Å². The maximum Gasteiger partial charge on any atom is 0.277 e. The third-order valence-electron chi connectivity index (χ3n) is 6.34. The van der Waals surface area contributed by atoms with Crippen molar-refractivity contribution in [1.82, 2.24) is 24.7 Å². The van der Waals surface area contributed by atoms with Gasteiger partial charge in [0.15, 0.2) is 17.1 Å². The van der Waals surface area contributed by atoms with Crippen LogP contribution in [-0.2, 0) is 19.4 Å². The topological polar surface area (TPSA) is 97.9 Å². The van der Waals surface area contributed by atoms with Crippen molar-refractivity contribution in [2.24, 2.45) is 5.92 Å². The van der Waals surface area contributed by atoms with Gasteiger partial charge in [-0.25, -0.2) is 9.50 Å². The van der Waals surface area contributed by atoms with E-state index in [2.05, 4.69) is 34.2 Å². The van der Waals surface area contributed by atoms with Crippen LogP contribution in [0.1, 0.15) is 29.5 Å². The van der Waals surface area contributed by atoms with E-state index in [4.69, 9.17) is 19.0 Å². The average molecular weight is 447 g/mol. The molecule has 1 aromatic carbocycles. The van der Waals surface area contributed by atoms with Gasteiger partial charge in [-0.05, 0) is 37.0 Å². The molecule has 0 radical (unpaired) electrons. The molecule has 0 fully saturated rings. The third kappa shape index (κ3) is 3.68. The van der Waals surface area contributed by atoms with Crippen LogP contribution in [0.25, 0.3) is 17.0 Å². The van der Waals surface area contributed by atoms with Crippen molar-refractivity contribution in [3.8, 4) is 22.9 Å². The third-order valence-corrected chi connectivity index (χ3v) is 6.34. The number of nitrogens with one attached hydrogen (secondary N) is 1. The van der Waals surface area contributed by atoms with Crippen LogP contribution < -0.4 is 15.0 Å². The predicted octanol–water partition coefficient (Wildman–Crippen LogP) is 2.95. The summed E-state index contributed by atoms with van der Waals surface area (Å²) in [6, 6.07) is 9.82. The van der Waals surface area contributed by atoms with E-state index < -0.39 is 0 Å². The molecule has 0 aliphatic carbocycles. The van der Waals surface area contributed by atoms with Crippen molar-refractivity contribution in [1.29, 1.82) is 0 Å². The highest BCUT2D eigenvalue weighted by Gasteiger charge is 2.24.